The average molecular weight is 386 g/mol. The molecule has 1 N–H and O–H groups in total. The second kappa shape index (κ2) is 7.80. The first-order valence-electron chi connectivity index (χ1n) is 8.01. The van der Waals surface area contributed by atoms with Gasteiger partial charge in [-0.1, -0.05) is 17.7 Å². The van der Waals surface area contributed by atoms with Gasteiger partial charge in [0.15, 0.2) is 11.8 Å². The second-order valence-electron chi connectivity index (χ2n) is 5.91. The summed E-state index contributed by atoms with van der Waals surface area (Å²) in [5.41, 5.74) is 3.96. The van der Waals surface area contributed by atoms with Gasteiger partial charge in [0.25, 0.3) is 5.91 Å². The molecule has 0 bridgehead atoms. The van der Waals surface area contributed by atoms with E-state index in [-0.39, 0.29) is 11.6 Å². The molecular weight excluding hydrogens is 368 g/mol. The van der Waals surface area contributed by atoms with E-state index in [0.717, 1.165) is 21.7 Å². The van der Waals surface area contributed by atoms with Crippen LogP contribution in [0.25, 0.3) is 10.6 Å². The third-order valence-corrected chi connectivity index (χ3v) is 5.35. The minimum atomic E-state index is -0.922. The third-order valence-electron chi connectivity index (χ3n) is 3.77. The van der Waals surface area contributed by atoms with Crippen LogP contribution in [-0.4, -0.2) is 23.0 Å². The molecule has 3 rings (SSSR count). The van der Waals surface area contributed by atoms with Crippen LogP contribution in [0.1, 0.15) is 28.5 Å². The van der Waals surface area contributed by atoms with Gasteiger partial charge in [0.1, 0.15) is 5.01 Å². The number of carbonyl (C=O) groups is 2. The Labute approximate surface area is 159 Å². The van der Waals surface area contributed by atoms with E-state index in [1.54, 1.807) is 23.6 Å². The number of hydrogen-bond acceptors (Lipinski definition) is 6. The first-order chi connectivity index (χ1) is 12.4. The standard InChI is InChI=1S/C19H18N2O3S2/c1-11-4-5-15(12(2)8-11)20-17(22)13(3)24-19(23)16-10-26-18(21-16)14-6-7-25-9-14/h4-10,13H,1-3H3,(H,20,22). The van der Waals surface area contributed by atoms with Crippen molar-refractivity contribution in [2.45, 2.75) is 26.9 Å². The SMILES string of the molecule is Cc1ccc(NC(=O)C(C)OC(=O)c2csc(-c3ccsc3)n2)c(C)c1. The molecule has 1 aromatic carbocycles. The van der Waals surface area contributed by atoms with Gasteiger partial charge >= 0.3 is 5.97 Å². The molecule has 0 aliphatic rings. The Balaban J connectivity index is 1.62. The van der Waals surface area contributed by atoms with E-state index in [0.29, 0.717) is 5.69 Å². The molecule has 1 atom stereocenters. The number of aromatic nitrogens is 1. The van der Waals surface area contributed by atoms with Crippen LogP contribution < -0.4 is 5.32 Å². The molecule has 2 aromatic heterocycles. The molecule has 0 spiro atoms. The van der Waals surface area contributed by atoms with E-state index in [4.69, 9.17) is 4.74 Å². The molecule has 0 aliphatic carbocycles. The highest BCUT2D eigenvalue weighted by atomic mass is 32.1. The molecule has 0 aliphatic heterocycles. The van der Waals surface area contributed by atoms with Crippen LogP contribution in [0.3, 0.4) is 0 Å². The number of carbonyl (C=O) groups excluding carboxylic acids is 2. The van der Waals surface area contributed by atoms with Gasteiger partial charge in [-0.2, -0.15) is 11.3 Å². The largest absolute Gasteiger partial charge is 0.448 e. The molecule has 26 heavy (non-hydrogen) atoms. The number of thiophene rings is 1. The van der Waals surface area contributed by atoms with Gasteiger partial charge in [0.05, 0.1) is 0 Å². The highest BCUT2D eigenvalue weighted by Gasteiger charge is 2.21. The zero-order chi connectivity index (χ0) is 18.7. The van der Waals surface area contributed by atoms with Crippen LogP contribution in [0.2, 0.25) is 0 Å². The lowest BCUT2D eigenvalue weighted by atomic mass is 10.1. The molecule has 0 fully saturated rings. The van der Waals surface area contributed by atoms with E-state index < -0.39 is 12.1 Å². The number of nitrogens with one attached hydrogen (secondary N) is 1. The fourth-order valence-corrected chi connectivity index (χ4v) is 3.85. The summed E-state index contributed by atoms with van der Waals surface area (Å²) in [6.45, 7) is 5.45. The van der Waals surface area contributed by atoms with Crippen LogP contribution in [0.15, 0.2) is 40.4 Å². The molecule has 134 valence electrons. The number of thiazole rings is 1. The van der Waals surface area contributed by atoms with Crippen LogP contribution in [-0.2, 0) is 9.53 Å². The quantitative estimate of drug-likeness (QED) is 0.647. The van der Waals surface area contributed by atoms with Crippen LogP contribution >= 0.6 is 22.7 Å². The number of esters is 1. The number of nitrogens with zero attached hydrogens (tertiary/aromatic N) is 1. The van der Waals surface area contributed by atoms with Crippen molar-refractivity contribution in [1.82, 2.24) is 4.98 Å². The smallest absolute Gasteiger partial charge is 0.358 e. The van der Waals surface area contributed by atoms with Crippen LogP contribution in [0, 0.1) is 13.8 Å². The van der Waals surface area contributed by atoms with Gasteiger partial charge in [0, 0.05) is 22.0 Å². The highest BCUT2D eigenvalue weighted by Crippen LogP contribution is 2.26. The Hall–Kier alpha value is -2.51. The maximum atomic E-state index is 12.3. The lowest BCUT2D eigenvalue weighted by molar-refractivity contribution is -0.123. The minimum absolute atomic E-state index is 0.211. The first kappa shape index (κ1) is 18.3. The Bertz CT molecular complexity index is 932. The lowest BCUT2D eigenvalue weighted by Crippen LogP contribution is -2.30. The molecule has 0 radical (unpaired) electrons. The molecular formula is C19H18N2O3S2. The summed E-state index contributed by atoms with van der Waals surface area (Å²) in [5, 5.41) is 9.11. The predicted molar refractivity (Wildman–Crippen MR) is 105 cm³/mol. The van der Waals surface area contributed by atoms with E-state index in [2.05, 4.69) is 10.3 Å². The van der Waals surface area contributed by atoms with E-state index >= 15 is 0 Å². The molecule has 0 saturated carbocycles. The zero-order valence-electron chi connectivity index (χ0n) is 14.6. The summed E-state index contributed by atoms with van der Waals surface area (Å²) >= 11 is 2.94. The summed E-state index contributed by atoms with van der Waals surface area (Å²) in [4.78, 5) is 28.8. The molecule has 1 amide bonds. The van der Waals surface area contributed by atoms with E-state index in [1.807, 2.05) is 48.9 Å². The Morgan fingerprint density at radius 1 is 1.19 bits per heavy atom. The zero-order valence-corrected chi connectivity index (χ0v) is 16.2. The number of ether oxygens (including phenoxy) is 1. The van der Waals surface area contributed by atoms with Crippen molar-refractivity contribution < 1.29 is 14.3 Å². The second-order valence-corrected chi connectivity index (χ2v) is 7.54. The van der Waals surface area contributed by atoms with Crippen LogP contribution in [0.5, 0.6) is 0 Å². The molecule has 1 unspecified atom stereocenters. The van der Waals surface area contributed by atoms with Crippen LogP contribution in [0.4, 0.5) is 5.69 Å². The van der Waals surface area contributed by atoms with Crippen molar-refractivity contribution in [3.8, 4) is 10.6 Å². The topological polar surface area (TPSA) is 68.3 Å². The highest BCUT2D eigenvalue weighted by molar-refractivity contribution is 7.14. The molecule has 5 nitrogen and oxygen atoms in total. The van der Waals surface area contributed by atoms with Crippen molar-refractivity contribution in [3.63, 3.8) is 0 Å². The molecule has 2 heterocycles. The monoisotopic (exact) mass is 386 g/mol. The summed E-state index contributed by atoms with van der Waals surface area (Å²) in [6, 6.07) is 7.68. The van der Waals surface area contributed by atoms with Gasteiger partial charge in [-0.05, 0) is 43.8 Å². The van der Waals surface area contributed by atoms with Gasteiger partial charge < -0.3 is 10.1 Å². The predicted octanol–water partition coefficient (Wildman–Crippen LogP) is 4.67. The maximum Gasteiger partial charge on any atom is 0.358 e. The number of aryl methyl sites for hydroxylation is 2. The third kappa shape index (κ3) is 4.17. The minimum Gasteiger partial charge on any atom is -0.448 e. The van der Waals surface area contributed by atoms with E-state index in [1.165, 1.54) is 11.3 Å². The Kier molecular flexibility index (Phi) is 5.49. The van der Waals surface area contributed by atoms with Gasteiger partial charge in [-0.3, -0.25) is 4.79 Å². The van der Waals surface area contributed by atoms with E-state index in [9.17, 15) is 9.59 Å². The van der Waals surface area contributed by atoms with Crippen molar-refractivity contribution in [2.24, 2.45) is 0 Å². The van der Waals surface area contributed by atoms with Gasteiger partial charge in [0.2, 0.25) is 0 Å². The molecule has 3 aromatic rings. The fraction of sp³-hybridized carbons (Fsp3) is 0.211. The summed E-state index contributed by atoms with van der Waals surface area (Å²) in [6.07, 6.45) is -0.922. The van der Waals surface area contributed by atoms with Gasteiger partial charge in [-0.15, -0.1) is 11.3 Å². The Morgan fingerprint density at radius 3 is 2.69 bits per heavy atom. The average Bonchev–Trinajstić information content (AvgIpc) is 3.28. The first-order valence-corrected chi connectivity index (χ1v) is 9.83. The van der Waals surface area contributed by atoms with Crippen molar-refractivity contribution in [3.05, 3.63) is 57.2 Å². The number of rotatable bonds is 5. The lowest BCUT2D eigenvalue weighted by Gasteiger charge is -2.14. The Morgan fingerprint density at radius 2 is 2.00 bits per heavy atom. The number of anilines is 1. The molecule has 0 saturated heterocycles. The number of benzene rings is 1. The maximum absolute atomic E-state index is 12.3. The van der Waals surface area contributed by atoms with Gasteiger partial charge in [-0.25, -0.2) is 9.78 Å². The molecule has 7 heteroatoms. The number of amides is 1. The van der Waals surface area contributed by atoms with Crippen molar-refractivity contribution in [2.75, 3.05) is 5.32 Å². The van der Waals surface area contributed by atoms with Crippen molar-refractivity contribution in [1.29, 1.82) is 0 Å². The number of hydrogen-bond donors (Lipinski definition) is 1. The summed E-state index contributed by atoms with van der Waals surface area (Å²) in [7, 11) is 0. The fourth-order valence-electron chi connectivity index (χ4n) is 2.35. The summed E-state index contributed by atoms with van der Waals surface area (Å²) in [5.74, 6) is -0.982. The normalized spacial score (nSPS) is 11.8. The van der Waals surface area contributed by atoms with Crippen molar-refractivity contribution >= 4 is 40.2 Å². The summed E-state index contributed by atoms with van der Waals surface area (Å²) < 4.78 is 5.26.